The summed E-state index contributed by atoms with van der Waals surface area (Å²) in [4.78, 5) is 6.84. The molecule has 2 rings (SSSR count). The van der Waals surface area contributed by atoms with Gasteiger partial charge < -0.3 is 10.1 Å². The Morgan fingerprint density at radius 2 is 2.24 bits per heavy atom. The van der Waals surface area contributed by atoms with E-state index in [1.54, 1.807) is 0 Å². The number of nitrogens with one attached hydrogen (secondary N) is 1. The Morgan fingerprint density at radius 1 is 1.41 bits per heavy atom. The lowest BCUT2D eigenvalue weighted by Gasteiger charge is -2.26. The highest BCUT2D eigenvalue weighted by Crippen LogP contribution is 2.11. The number of hydrogen-bond donors (Lipinski definition) is 1. The van der Waals surface area contributed by atoms with Crippen LogP contribution in [0.25, 0.3) is 0 Å². The van der Waals surface area contributed by atoms with Crippen molar-refractivity contribution in [2.24, 2.45) is 0 Å². The van der Waals surface area contributed by atoms with Crippen molar-refractivity contribution in [1.82, 2.24) is 14.3 Å². The van der Waals surface area contributed by atoms with Gasteiger partial charge in [0.2, 0.25) is 5.13 Å². The fourth-order valence-electron chi connectivity index (χ4n) is 1.80. The molecule has 0 radical (unpaired) electrons. The van der Waals surface area contributed by atoms with Crippen LogP contribution in [0, 0.1) is 0 Å². The van der Waals surface area contributed by atoms with E-state index in [9.17, 15) is 0 Å². The number of nitrogens with zero attached hydrogens (tertiary/aromatic N) is 3. The molecule has 1 fully saturated rings. The summed E-state index contributed by atoms with van der Waals surface area (Å²) in [6.45, 7) is 7.93. The van der Waals surface area contributed by atoms with Crippen molar-refractivity contribution in [2.75, 3.05) is 44.7 Å². The highest BCUT2D eigenvalue weighted by molar-refractivity contribution is 7.09. The minimum atomic E-state index is 0.861. The molecule has 0 aromatic carbocycles. The number of rotatable bonds is 6. The Morgan fingerprint density at radius 3 is 3.00 bits per heavy atom. The summed E-state index contributed by atoms with van der Waals surface area (Å²) in [5, 5.41) is 4.28. The molecule has 1 N–H and O–H groups in total. The van der Waals surface area contributed by atoms with Crippen LogP contribution < -0.4 is 5.32 Å². The van der Waals surface area contributed by atoms with E-state index in [0.717, 1.165) is 63.2 Å². The van der Waals surface area contributed by atoms with Crippen molar-refractivity contribution in [1.29, 1.82) is 0 Å². The summed E-state index contributed by atoms with van der Waals surface area (Å²) < 4.78 is 9.62. The quantitative estimate of drug-likeness (QED) is 0.830. The van der Waals surface area contributed by atoms with E-state index in [4.69, 9.17) is 4.74 Å². The first kappa shape index (κ1) is 12.7. The molecular formula is C11H20N4OS. The molecular weight excluding hydrogens is 236 g/mol. The maximum Gasteiger partial charge on any atom is 0.202 e. The molecule has 0 atom stereocenters. The molecule has 0 bridgehead atoms. The van der Waals surface area contributed by atoms with Crippen LogP contribution in [-0.4, -0.2) is 53.7 Å². The lowest BCUT2D eigenvalue weighted by Crippen LogP contribution is -2.38. The molecule has 5 nitrogen and oxygen atoms in total. The van der Waals surface area contributed by atoms with Crippen molar-refractivity contribution < 1.29 is 4.74 Å². The Bertz CT molecular complexity index is 325. The first-order valence-electron chi connectivity index (χ1n) is 6.25. The van der Waals surface area contributed by atoms with Crippen LogP contribution >= 0.6 is 11.5 Å². The lowest BCUT2D eigenvalue weighted by atomic mass is 10.3. The van der Waals surface area contributed by atoms with Gasteiger partial charge >= 0.3 is 0 Å². The van der Waals surface area contributed by atoms with E-state index in [1.807, 2.05) is 0 Å². The van der Waals surface area contributed by atoms with Crippen molar-refractivity contribution in [3.8, 4) is 0 Å². The summed E-state index contributed by atoms with van der Waals surface area (Å²) in [6.07, 6.45) is 2.07. The summed E-state index contributed by atoms with van der Waals surface area (Å²) in [5.74, 6) is 0.964. The van der Waals surface area contributed by atoms with Gasteiger partial charge in [0.1, 0.15) is 5.82 Å². The molecule has 1 aliphatic heterocycles. The van der Waals surface area contributed by atoms with Crippen LogP contribution in [0.4, 0.5) is 5.13 Å². The topological polar surface area (TPSA) is 50.3 Å². The second-order valence-corrected chi connectivity index (χ2v) is 4.90. The predicted octanol–water partition coefficient (Wildman–Crippen LogP) is 1.23. The molecule has 0 unspecified atom stereocenters. The van der Waals surface area contributed by atoms with Crippen LogP contribution in [0.15, 0.2) is 0 Å². The molecule has 2 heterocycles. The normalized spacial score (nSPS) is 17.2. The van der Waals surface area contributed by atoms with Crippen LogP contribution in [0.2, 0.25) is 0 Å². The zero-order chi connectivity index (χ0) is 11.9. The Hall–Kier alpha value is -0.720. The molecule has 1 saturated heterocycles. The third kappa shape index (κ3) is 4.22. The zero-order valence-corrected chi connectivity index (χ0v) is 11.1. The molecule has 96 valence electrons. The van der Waals surface area contributed by atoms with Crippen molar-refractivity contribution >= 4 is 16.7 Å². The van der Waals surface area contributed by atoms with Gasteiger partial charge in [-0.15, -0.1) is 0 Å². The van der Waals surface area contributed by atoms with Crippen LogP contribution in [0.5, 0.6) is 0 Å². The third-order valence-electron chi connectivity index (χ3n) is 2.75. The average Bonchev–Trinajstić information content (AvgIpc) is 2.79. The minimum absolute atomic E-state index is 0.861. The molecule has 6 heteroatoms. The lowest BCUT2D eigenvalue weighted by molar-refractivity contribution is 0.0398. The standard InChI is InChI=1S/C11H20N4OS/c1-2-3-10-13-11(17-14-10)12-4-5-15-6-8-16-9-7-15/h2-9H2,1H3,(H,12,13,14). The molecule has 1 aliphatic rings. The Kier molecular flexibility index (Phi) is 5.15. The van der Waals surface area contributed by atoms with E-state index in [0.29, 0.717) is 0 Å². The minimum Gasteiger partial charge on any atom is -0.379 e. The first-order chi connectivity index (χ1) is 8.38. The predicted molar refractivity (Wildman–Crippen MR) is 69.7 cm³/mol. The molecule has 0 amide bonds. The largest absolute Gasteiger partial charge is 0.379 e. The summed E-state index contributed by atoms with van der Waals surface area (Å²) in [5.41, 5.74) is 0. The molecule has 0 saturated carbocycles. The van der Waals surface area contributed by atoms with Crippen LogP contribution in [0.3, 0.4) is 0 Å². The zero-order valence-electron chi connectivity index (χ0n) is 10.3. The van der Waals surface area contributed by atoms with Gasteiger partial charge in [-0.2, -0.15) is 4.37 Å². The number of aromatic nitrogens is 2. The van der Waals surface area contributed by atoms with E-state index >= 15 is 0 Å². The number of ether oxygens (including phenoxy) is 1. The number of morpholine rings is 1. The SMILES string of the molecule is CCCc1nsc(NCCN2CCOCC2)n1. The highest BCUT2D eigenvalue weighted by Gasteiger charge is 2.09. The fourth-order valence-corrected chi connectivity index (χ4v) is 2.43. The first-order valence-corrected chi connectivity index (χ1v) is 7.02. The molecule has 0 spiro atoms. The van der Waals surface area contributed by atoms with Gasteiger partial charge in [0.05, 0.1) is 13.2 Å². The summed E-state index contributed by atoms with van der Waals surface area (Å²) in [6, 6.07) is 0. The van der Waals surface area contributed by atoms with Crippen LogP contribution in [-0.2, 0) is 11.2 Å². The van der Waals surface area contributed by atoms with Gasteiger partial charge in [0.25, 0.3) is 0 Å². The number of aryl methyl sites for hydroxylation is 1. The molecule has 17 heavy (non-hydrogen) atoms. The van der Waals surface area contributed by atoms with E-state index in [-0.39, 0.29) is 0 Å². The van der Waals surface area contributed by atoms with E-state index in [2.05, 4.69) is 26.5 Å². The van der Waals surface area contributed by atoms with E-state index in [1.165, 1.54) is 11.5 Å². The van der Waals surface area contributed by atoms with Gasteiger partial charge in [0.15, 0.2) is 0 Å². The monoisotopic (exact) mass is 256 g/mol. The molecule has 1 aromatic heterocycles. The second kappa shape index (κ2) is 6.88. The van der Waals surface area contributed by atoms with E-state index < -0.39 is 0 Å². The average molecular weight is 256 g/mol. The summed E-state index contributed by atoms with van der Waals surface area (Å²) in [7, 11) is 0. The molecule has 0 aliphatic carbocycles. The number of hydrogen-bond acceptors (Lipinski definition) is 6. The van der Waals surface area contributed by atoms with Gasteiger partial charge in [-0.25, -0.2) is 4.98 Å². The number of anilines is 1. The van der Waals surface area contributed by atoms with Crippen LogP contribution in [0.1, 0.15) is 19.2 Å². The van der Waals surface area contributed by atoms with Crippen molar-refractivity contribution in [2.45, 2.75) is 19.8 Å². The fraction of sp³-hybridized carbons (Fsp3) is 0.818. The van der Waals surface area contributed by atoms with Crippen molar-refractivity contribution in [3.05, 3.63) is 5.82 Å². The van der Waals surface area contributed by atoms with Gasteiger partial charge in [-0.3, -0.25) is 4.90 Å². The maximum absolute atomic E-state index is 5.31. The summed E-state index contributed by atoms with van der Waals surface area (Å²) >= 11 is 1.46. The third-order valence-corrected chi connectivity index (χ3v) is 3.46. The Balaban J connectivity index is 1.66. The maximum atomic E-state index is 5.31. The highest BCUT2D eigenvalue weighted by atomic mass is 32.1. The second-order valence-electron chi connectivity index (χ2n) is 4.15. The smallest absolute Gasteiger partial charge is 0.202 e. The van der Waals surface area contributed by atoms with Gasteiger partial charge in [-0.05, 0) is 6.42 Å². The molecule has 1 aromatic rings. The van der Waals surface area contributed by atoms with Crippen molar-refractivity contribution in [3.63, 3.8) is 0 Å². The van der Waals surface area contributed by atoms with Gasteiger partial charge in [0, 0.05) is 44.1 Å². The Labute approximate surface area is 106 Å². The van der Waals surface area contributed by atoms with Gasteiger partial charge in [-0.1, -0.05) is 6.92 Å².